The Hall–Kier alpha value is -2.61. The van der Waals surface area contributed by atoms with Gasteiger partial charge < -0.3 is 18.9 Å². The summed E-state index contributed by atoms with van der Waals surface area (Å²) >= 11 is 0. The molecule has 1 saturated carbocycles. The molecular weight excluding hydrogens is 408 g/mol. The van der Waals surface area contributed by atoms with E-state index in [1.54, 1.807) is 32.4 Å². The van der Waals surface area contributed by atoms with Gasteiger partial charge in [0.25, 0.3) is 5.91 Å². The number of rotatable bonds is 5. The van der Waals surface area contributed by atoms with Gasteiger partial charge in [-0.05, 0) is 56.7 Å². The number of carbonyl (C=O) groups is 1. The number of amides is 1. The minimum atomic E-state index is 0.0190. The molecule has 3 heterocycles. The van der Waals surface area contributed by atoms with E-state index in [-0.39, 0.29) is 17.4 Å². The van der Waals surface area contributed by atoms with Crippen LogP contribution in [0.3, 0.4) is 0 Å². The standard InChI is InChI=1S/C24H32N4O4/c1-27-15-24(14-19(27)21-25-22(32-26-21)16-5-4-6-16)9-11-28(12-10-24)23(29)18-8-7-17(30-2)13-20(18)31-3/h7-8,13,16,19H,4-6,9-12,14-15H2,1-3H3. The van der Waals surface area contributed by atoms with E-state index in [4.69, 9.17) is 19.0 Å². The molecule has 2 saturated heterocycles. The first-order valence-electron chi connectivity index (χ1n) is 11.6. The van der Waals surface area contributed by atoms with E-state index in [0.29, 0.717) is 23.0 Å². The number of piperidine rings is 1. The zero-order valence-electron chi connectivity index (χ0n) is 19.2. The number of likely N-dealkylation sites (tertiary alicyclic amines) is 2. The molecule has 1 atom stereocenters. The molecular formula is C24H32N4O4. The van der Waals surface area contributed by atoms with E-state index >= 15 is 0 Å². The van der Waals surface area contributed by atoms with Crippen LogP contribution >= 0.6 is 0 Å². The van der Waals surface area contributed by atoms with Crippen molar-refractivity contribution in [3.05, 3.63) is 35.5 Å². The Balaban J connectivity index is 1.24. The molecule has 3 aliphatic rings. The van der Waals surface area contributed by atoms with Crippen molar-refractivity contribution in [2.45, 2.75) is 50.5 Å². The number of hydrogen-bond acceptors (Lipinski definition) is 7. The summed E-state index contributed by atoms with van der Waals surface area (Å²) in [4.78, 5) is 22.3. The number of nitrogens with zero attached hydrogens (tertiary/aromatic N) is 4. The van der Waals surface area contributed by atoms with Crippen molar-refractivity contribution in [1.29, 1.82) is 0 Å². The summed E-state index contributed by atoms with van der Waals surface area (Å²) in [5.41, 5.74) is 0.776. The van der Waals surface area contributed by atoms with Crippen molar-refractivity contribution in [2.75, 3.05) is 40.9 Å². The van der Waals surface area contributed by atoms with Crippen molar-refractivity contribution in [2.24, 2.45) is 5.41 Å². The fraction of sp³-hybridized carbons (Fsp3) is 0.625. The van der Waals surface area contributed by atoms with Gasteiger partial charge in [-0.15, -0.1) is 0 Å². The Morgan fingerprint density at radius 3 is 2.62 bits per heavy atom. The highest BCUT2D eigenvalue weighted by Gasteiger charge is 2.47. The van der Waals surface area contributed by atoms with E-state index in [0.717, 1.165) is 63.5 Å². The minimum absolute atomic E-state index is 0.0190. The van der Waals surface area contributed by atoms with Gasteiger partial charge in [0.15, 0.2) is 5.82 Å². The second-order valence-electron chi connectivity index (χ2n) is 9.61. The lowest BCUT2D eigenvalue weighted by molar-refractivity contribution is 0.0590. The highest BCUT2D eigenvalue weighted by atomic mass is 16.5. The quantitative estimate of drug-likeness (QED) is 0.702. The van der Waals surface area contributed by atoms with Crippen LogP contribution in [-0.4, -0.2) is 66.7 Å². The predicted octanol–water partition coefficient (Wildman–Crippen LogP) is 3.65. The van der Waals surface area contributed by atoms with E-state index in [1.165, 1.54) is 6.42 Å². The molecule has 1 unspecified atom stereocenters. The van der Waals surface area contributed by atoms with Crippen molar-refractivity contribution in [3.63, 3.8) is 0 Å². The fourth-order valence-corrected chi connectivity index (χ4v) is 5.45. The van der Waals surface area contributed by atoms with Crippen LogP contribution in [0.1, 0.15) is 72.6 Å². The zero-order valence-corrected chi connectivity index (χ0v) is 19.2. The average Bonchev–Trinajstić information content (AvgIpc) is 3.36. The molecule has 2 aromatic rings. The molecule has 8 heteroatoms. The van der Waals surface area contributed by atoms with E-state index in [2.05, 4.69) is 17.1 Å². The van der Waals surface area contributed by atoms with Gasteiger partial charge in [0, 0.05) is 31.6 Å². The lowest BCUT2D eigenvalue weighted by Gasteiger charge is -2.39. The third-order valence-corrected chi connectivity index (χ3v) is 7.70. The number of methoxy groups -OCH3 is 2. The topological polar surface area (TPSA) is 80.9 Å². The van der Waals surface area contributed by atoms with Gasteiger partial charge in [-0.25, -0.2) is 0 Å². The molecule has 8 nitrogen and oxygen atoms in total. The van der Waals surface area contributed by atoms with Crippen LogP contribution in [0, 0.1) is 5.41 Å². The molecule has 1 aromatic heterocycles. The molecule has 172 valence electrons. The molecule has 1 aromatic carbocycles. The van der Waals surface area contributed by atoms with Gasteiger partial charge >= 0.3 is 0 Å². The van der Waals surface area contributed by atoms with Crippen molar-refractivity contribution in [1.82, 2.24) is 19.9 Å². The van der Waals surface area contributed by atoms with Crippen LogP contribution in [0.2, 0.25) is 0 Å². The van der Waals surface area contributed by atoms with E-state index in [1.807, 2.05) is 4.90 Å². The van der Waals surface area contributed by atoms with E-state index < -0.39 is 0 Å². The van der Waals surface area contributed by atoms with E-state index in [9.17, 15) is 4.79 Å². The number of hydrogen-bond donors (Lipinski definition) is 0. The summed E-state index contributed by atoms with van der Waals surface area (Å²) in [5, 5.41) is 4.33. The molecule has 5 rings (SSSR count). The lowest BCUT2D eigenvalue weighted by Crippen LogP contribution is -2.44. The van der Waals surface area contributed by atoms with Crippen molar-refractivity contribution >= 4 is 5.91 Å². The maximum absolute atomic E-state index is 13.2. The first kappa shape index (κ1) is 21.2. The molecule has 0 bridgehead atoms. The second kappa shape index (κ2) is 8.39. The van der Waals surface area contributed by atoms with Crippen LogP contribution < -0.4 is 9.47 Å². The Labute approximate surface area is 188 Å². The van der Waals surface area contributed by atoms with Crippen LogP contribution in [0.15, 0.2) is 22.7 Å². The van der Waals surface area contributed by atoms with Crippen molar-refractivity contribution < 1.29 is 18.8 Å². The van der Waals surface area contributed by atoms with Gasteiger partial charge in [0.2, 0.25) is 5.89 Å². The number of ether oxygens (including phenoxy) is 2. The third kappa shape index (κ3) is 3.74. The fourth-order valence-electron chi connectivity index (χ4n) is 5.45. The first-order chi connectivity index (χ1) is 15.5. The summed E-state index contributed by atoms with van der Waals surface area (Å²) in [5.74, 6) is 3.35. The third-order valence-electron chi connectivity index (χ3n) is 7.70. The van der Waals surface area contributed by atoms with Gasteiger partial charge in [0.1, 0.15) is 11.5 Å². The SMILES string of the molecule is COc1ccc(C(=O)N2CCC3(CC2)CC(c2noc(C4CCC4)n2)N(C)C3)c(OC)c1. The molecule has 1 aliphatic carbocycles. The normalized spacial score (nSPS) is 23.3. The summed E-state index contributed by atoms with van der Waals surface area (Å²) in [6.07, 6.45) is 6.55. The van der Waals surface area contributed by atoms with Crippen LogP contribution in [-0.2, 0) is 0 Å². The highest BCUT2D eigenvalue weighted by molar-refractivity contribution is 5.97. The minimum Gasteiger partial charge on any atom is -0.497 e. The lowest BCUT2D eigenvalue weighted by atomic mass is 9.76. The second-order valence-corrected chi connectivity index (χ2v) is 9.61. The number of benzene rings is 1. The molecule has 32 heavy (non-hydrogen) atoms. The van der Waals surface area contributed by atoms with Gasteiger partial charge in [-0.2, -0.15) is 4.98 Å². The Kier molecular flexibility index (Phi) is 5.57. The molecule has 0 N–H and O–H groups in total. The maximum atomic E-state index is 13.2. The number of aromatic nitrogens is 2. The highest BCUT2D eigenvalue weighted by Crippen LogP contribution is 2.48. The summed E-state index contributed by atoms with van der Waals surface area (Å²) in [6, 6.07) is 5.55. The van der Waals surface area contributed by atoms with Crippen LogP contribution in [0.5, 0.6) is 11.5 Å². The average molecular weight is 441 g/mol. The van der Waals surface area contributed by atoms with Crippen molar-refractivity contribution in [3.8, 4) is 11.5 Å². The zero-order chi connectivity index (χ0) is 22.3. The molecule has 3 fully saturated rings. The molecule has 1 amide bonds. The largest absolute Gasteiger partial charge is 0.497 e. The summed E-state index contributed by atoms with van der Waals surface area (Å²) in [6.45, 7) is 2.49. The van der Waals surface area contributed by atoms with Crippen LogP contribution in [0.4, 0.5) is 0 Å². The number of carbonyl (C=O) groups excluding carboxylic acids is 1. The monoisotopic (exact) mass is 440 g/mol. The molecule has 2 aliphatic heterocycles. The maximum Gasteiger partial charge on any atom is 0.257 e. The predicted molar refractivity (Wildman–Crippen MR) is 118 cm³/mol. The first-order valence-corrected chi connectivity index (χ1v) is 11.6. The summed E-state index contributed by atoms with van der Waals surface area (Å²) in [7, 11) is 5.34. The Morgan fingerprint density at radius 1 is 1.19 bits per heavy atom. The molecule has 0 radical (unpaired) electrons. The smallest absolute Gasteiger partial charge is 0.257 e. The summed E-state index contributed by atoms with van der Waals surface area (Å²) < 4.78 is 16.3. The van der Waals surface area contributed by atoms with Crippen LogP contribution in [0.25, 0.3) is 0 Å². The Bertz CT molecular complexity index is 978. The van der Waals surface area contributed by atoms with Gasteiger partial charge in [0.05, 0.1) is 25.8 Å². The van der Waals surface area contributed by atoms with Gasteiger partial charge in [-0.1, -0.05) is 11.6 Å². The molecule has 1 spiro atoms. The van der Waals surface area contributed by atoms with Gasteiger partial charge in [-0.3, -0.25) is 9.69 Å². The Morgan fingerprint density at radius 2 is 1.97 bits per heavy atom.